The molecule has 8 heteroatoms. The Morgan fingerprint density at radius 3 is 1.91 bits per heavy atom. The second-order valence-electron chi connectivity index (χ2n) is 11.6. The summed E-state index contributed by atoms with van der Waals surface area (Å²) in [5, 5.41) is 19.0. The lowest BCUT2D eigenvalue weighted by Gasteiger charge is -2.03. The molecule has 0 saturated carbocycles. The molecule has 3 aromatic heterocycles. The quantitative estimate of drug-likeness (QED) is 0.212. The fourth-order valence-electron chi connectivity index (χ4n) is 6.65. The molecular formula is C35H41N4O4+. The fourth-order valence-corrected chi connectivity index (χ4v) is 6.65. The van der Waals surface area contributed by atoms with E-state index in [1.165, 1.54) is 22.3 Å². The van der Waals surface area contributed by atoms with E-state index in [9.17, 15) is 19.8 Å². The molecule has 0 aliphatic carbocycles. The number of aliphatic carboxylic acids is 2. The van der Waals surface area contributed by atoms with Crippen LogP contribution < -0.4 is 4.57 Å². The molecule has 8 bridgehead atoms. The third-order valence-corrected chi connectivity index (χ3v) is 9.17. The van der Waals surface area contributed by atoms with Gasteiger partial charge in [0, 0.05) is 58.2 Å². The molecular weight excluding hydrogens is 540 g/mol. The first-order valence-corrected chi connectivity index (χ1v) is 15.0. The Morgan fingerprint density at radius 2 is 1.30 bits per heavy atom. The Labute approximate surface area is 251 Å². The van der Waals surface area contributed by atoms with Crippen molar-refractivity contribution in [2.24, 2.45) is 7.05 Å². The van der Waals surface area contributed by atoms with Gasteiger partial charge in [0.1, 0.15) is 7.05 Å². The molecule has 0 amide bonds. The summed E-state index contributed by atoms with van der Waals surface area (Å²) in [7, 11) is 2.09. The van der Waals surface area contributed by atoms with E-state index in [-0.39, 0.29) is 12.8 Å². The van der Waals surface area contributed by atoms with Crippen molar-refractivity contribution in [3.05, 3.63) is 69.3 Å². The van der Waals surface area contributed by atoms with Crippen molar-refractivity contribution in [1.82, 2.24) is 15.0 Å². The SMILES string of the molecule is CCC1=C(C)c2cc3[nH]c(cc4[nH]c(cc5nc(cc1[n+]2C)C(C)=C5CCC(=O)O)c(CCC(=O)O)c4C)c(C)c3CC. The van der Waals surface area contributed by atoms with E-state index in [0.29, 0.717) is 18.5 Å². The second kappa shape index (κ2) is 11.7. The zero-order valence-corrected chi connectivity index (χ0v) is 26.2. The first kappa shape index (κ1) is 30.0. The first-order chi connectivity index (χ1) is 20.4. The standard InChI is InChI=1S/C35H40N4O4/c1-8-22-18(3)26-14-27-19(4)24(10-12-34(40)41)29(36-27)15-30-25(11-13-35(42)43)20(5)28(38-30)16-33-23(9-2)21(6)32(39(33)7)17-31(22)37-26/h14-17H,8-13H2,1-7H3,(H3,36,37,38,40,41,42,43)/p+1. The first-order valence-electron chi connectivity index (χ1n) is 15.0. The summed E-state index contributed by atoms with van der Waals surface area (Å²) in [5.74, 6) is -1.71. The molecule has 43 heavy (non-hydrogen) atoms. The number of aromatic amines is 2. The van der Waals surface area contributed by atoms with Crippen LogP contribution in [-0.2, 0) is 29.5 Å². The zero-order valence-electron chi connectivity index (χ0n) is 26.2. The van der Waals surface area contributed by atoms with Gasteiger partial charge < -0.3 is 20.2 Å². The van der Waals surface area contributed by atoms with Gasteiger partial charge in [-0.15, -0.1) is 0 Å². The van der Waals surface area contributed by atoms with E-state index in [1.807, 2.05) is 19.9 Å². The van der Waals surface area contributed by atoms with E-state index in [4.69, 9.17) is 4.98 Å². The number of nitrogens with one attached hydrogen (secondary N) is 2. The molecule has 3 aromatic rings. The van der Waals surface area contributed by atoms with Crippen LogP contribution in [0.15, 0.2) is 24.3 Å². The minimum Gasteiger partial charge on any atom is -0.481 e. The van der Waals surface area contributed by atoms with Crippen LogP contribution in [0.25, 0.3) is 44.4 Å². The highest BCUT2D eigenvalue weighted by atomic mass is 16.4. The van der Waals surface area contributed by atoms with Gasteiger partial charge in [0.05, 0.1) is 11.4 Å². The maximum atomic E-state index is 11.6. The molecule has 0 radical (unpaired) electrons. The van der Waals surface area contributed by atoms with E-state index in [0.717, 1.165) is 74.3 Å². The van der Waals surface area contributed by atoms with Crippen LogP contribution in [-0.4, -0.2) is 37.1 Å². The minimum absolute atomic E-state index is 0.00196. The van der Waals surface area contributed by atoms with Crippen LogP contribution >= 0.6 is 0 Å². The van der Waals surface area contributed by atoms with Gasteiger partial charge in [-0.3, -0.25) is 9.59 Å². The number of carboxylic acids is 2. The molecule has 0 atom stereocenters. The predicted octanol–water partition coefficient (Wildman–Crippen LogP) is 7.08. The number of rotatable bonds is 8. The average molecular weight is 582 g/mol. The summed E-state index contributed by atoms with van der Waals surface area (Å²) < 4.78 is 2.23. The van der Waals surface area contributed by atoms with Crippen molar-refractivity contribution in [2.75, 3.05) is 0 Å². The molecule has 5 rings (SSSR count). The lowest BCUT2D eigenvalue weighted by atomic mass is 9.99. The number of hydrogen-bond donors (Lipinski definition) is 4. The van der Waals surface area contributed by atoms with E-state index in [1.54, 1.807) is 0 Å². The molecule has 0 unspecified atom stereocenters. The molecule has 2 aliphatic heterocycles. The van der Waals surface area contributed by atoms with Crippen LogP contribution in [0.3, 0.4) is 0 Å². The fraction of sp³-hybridized carbons (Fsp3) is 0.371. The van der Waals surface area contributed by atoms with Gasteiger partial charge in [0.25, 0.3) is 0 Å². The molecule has 5 heterocycles. The van der Waals surface area contributed by atoms with Crippen molar-refractivity contribution in [3.8, 4) is 0 Å². The average Bonchev–Trinajstić information content (AvgIpc) is 3.59. The van der Waals surface area contributed by atoms with Crippen molar-refractivity contribution in [3.63, 3.8) is 0 Å². The van der Waals surface area contributed by atoms with E-state index in [2.05, 4.69) is 67.5 Å². The molecule has 4 N–H and O–H groups in total. The van der Waals surface area contributed by atoms with Crippen LogP contribution in [0.5, 0.6) is 0 Å². The maximum absolute atomic E-state index is 11.6. The monoisotopic (exact) mass is 581 g/mol. The highest BCUT2D eigenvalue weighted by Crippen LogP contribution is 2.37. The lowest BCUT2D eigenvalue weighted by Crippen LogP contribution is -2.32. The van der Waals surface area contributed by atoms with Crippen LogP contribution in [0.4, 0.5) is 0 Å². The number of carboxylic acid groups (broad SMARTS) is 2. The van der Waals surface area contributed by atoms with Gasteiger partial charge in [-0.1, -0.05) is 13.8 Å². The van der Waals surface area contributed by atoms with Crippen LogP contribution in [0.2, 0.25) is 0 Å². The summed E-state index contributed by atoms with van der Waals surface area (Å²) in [6.45, 7) is 12.7. The number of aryl methyl sites for hydroxylation is 4. The molecule has 8 nitrogen and oxygen atoms in total. The van der Waals surface area contributed by atoms with Crippen LogP contribution in [0.1, 0.15) is 98.4 Å². The Morgan fingerprint density at radius 1 is 0.698 bits per heavy atom. The number of fused-ring (bicyclic) bond motifs is 8. The number of hydrogen-bond acceptors (Lipinski definition) is 3. The molecule has 224 valence electrons. The number of carbonyl (C=O) groups is 2. The Hall–Kier alpha value is -4.46. The maximum Gasteiger partial charge on any atom is 0.303 e. The molecule has 0 fully saturated rings. The van der Waals surface area contributed by atoms with Crippen molar-refractivity contribution in [2.45, 2.75) is 80.1 Å². The van der Waals surface area contributed by atoms with Gasteiger partial charge in [0.15, 0.2) is 0 Å². The summed E-state index contributed by atoms with van der Waals surface area (Å²) in [4.78, 5) is 35.5. The van der Waals surface area contributed by atoms with Crippen molar-refractivity contribution >= 4 is 56.3 Å². The van der Waals surface area contributed by atoms with E-state index >= 15 is 0 Å². The summed E-state index contributed by atoms with van der Waals surface area (Å²) >= 11 is 0. The van der Waals surface area contributed by atoms with Gasteiger partial charge in [-0.25, -0.2) is 4.98 Å². The number of aromatic nitrogens is 4. The molecule has 0 aromatic carbocycles. The largest absolute Gasteiger partial charge is 0.481 e. The number of allylic oxidation sites excluding steroid dienone is 4. The minimum atomic E-state index is -0.858. The highest BCUT2D eigenvalue weighted by molar-refractivity contribution is 5.95. The Kier molecular flexibility index (Phi) is 8.14. The number of nitrogens with zero attached hydrogens (tertiary/aromatic N) is 2. The van der Waals surface area contributed by atoms with E-state index < -0.39 is 11.9 Å². The van der Waals surface area contributed by atoms with Gasteiger partial charge in [-0.2, -0.15) is 4.57 Å². The summed E-state index contributed by atoms with van der Waals surface area (Å²) in [5.41, 5.74) is 16.3. The Bertz CT molecular complexity index is 1900. The van der Waals surface area contributed by atoms with Gasteiger partial charge in [-0.05, 0) is 98.9 Å². The smallest absolute Gasteiger partial charge is 0.303 e. The molecule has 2 aliphatic rings. The predicted molar refractivity (Wildman–Crippen MR) is 171 cm³/mol. The molecule has 0 spiro atoms. The second-order valence-corrected chi connectivity index (χ2v) is 11.6. The summed E-state index contributed by atoms with van der Waals surface area (Å²) in [6.07, 6.45) is 2.48. The lowest BCUT2D eigenvalue weighted by molar-refractivity contribution is -0.673. The third kappa shape index (κ3) is 5.42. The number of H-pyrrole nitrogens is 2. The van der Waals surface area contributed by atoms with Crippen molar-refractivity contribution < 1.29 is 24.4 Å². The highest BCUT2D eigenvalue weighted by Gasteiger charge is 2.28. The van der Waals surface area contributed by atoms with Gasteiger partial charge in [0.2, 0.25) is 11.4 Å². The molecule has 0 saturated heterocycles. The Balaban J connectivity index is 1.96. The summed E-state index contributed by atoms with van der Waals surface area (Å²) in [6, 6.07) is 8.46. The zero-order chi connectivity index (χ0) is 31.2. The van der Waals surface area contributed by atoms with Gasteiger partial charge >= 0.3 is 11.9 Å². The van der Waals surface area contributed by atoms with Crippen LogP contribution in [0, 0.1) is 13.8 Å². The normalized spacial score (nSPS) is 13.3. The van der Waals surface area contributed by atoms with Crippen molar-refractivity contribution in [1.29, 1.82) is 0 Å². The topological polar surface area (TPSA) is 123 Å². The third-order valence-electron chi connectivity index (χ3n) is 9.17.